The van der Waals surface area contributed by atoms with E-state index in [1.165, 1.54) is 29.1 Å². The van der Waals surface area contributed by atoms with E-state index >= 15 is 0 Å². The SMILES string of the molecule is CCc1cc(=O)n(CCNC(=O)c2cccc(C(F)(F)F)c2)cn1. The molecule has 1 aromatic carbocycles. The van der Waals surface area contributed by atoms with Gasteiger partial charge in [-0.3, -0.25) is 14.2 Å². The number of halogens is 3. The van der Waals surface area contributed by atoms with Gasteiger partial charge in [-0.1, -0.05) is 13.0 Å². The molecule has 0 bridgehead atoms. The number of alkyl halides is 3. The predicted octanol–water partition coefficient (Wildman–Crippen LogP) is 2.25. The molecular formula is C16H16F3N3O2. The van der Waals surface area contributed by atoms with Crippen LogP contribution in [0.15, 0.2) is 41.5 Å². The zero-order valence-corrected chi connectivity index (χ0v) is 12.9. The molecule has 24 heavy (non-hydrogen) atoms. The molecule has 1 amide bonds. The number of carbonyl (C=O) groups is 1. The molecule has 0 saturated carbocycles. The highest BCUT2D eigenvalue weighted by molar-refractivity contribution is 5.94. The van der Waals surface area contributed by atoms with Crippen molar-refractivity contribution in [2.45, 2.75) is 26.1 Å². The molecule has 1 N–H and O–H groups in total. The molecule has 0 spiro atoms. The number of hydrogen-bond donors (Lipinski definition) is 1. The molecule has 5 nitrogen and oxygen atoms in total. The van der Waals surface area contributed by atoms with E-state index in [0.717, 1.165) is 12.1 Å². The lowest BCUT2D eigenvalue weighted by Gasteiger charge is -2.10. The van der Waals surface area contributed by atoms with Gasteiger partial charge in [-0.2, -0.15) is 13.2 Å². The van der Waals surface area contributed by atoms with E-state index in [1.807, 2.05) is 6.92 Å². The number of hydrogen-bond acceptors (Lipinski definition) is 3. The quantitative estimate of drug-likeness (QED) is 0.909. The number of nitrogens with one attached hydrogen (secondary N) is 1. The van der Waals surface area contributed by atoms with E-state index in [9.17, 15) is 22.8 Å². The van der Waals surface area contributed by atoms with Crippen LogP contribution in [-0.4, -0.2) is 22.0 Å². The minimum atomic E-state index is -4.50. The van der Waals surface area contributed by atoms with Crippen LogP contribution in [0.2, 0.25) is 0 Å². The topological polar surface area (TPSA) is 64.0 Å². The number of amides is 1. The normalized spacial score (nSPS) is 11.3. The summed E-state index contributed by atoms with van der Waals surface area (Å²) < 4.78 is 39.2. The molecule has 0 aliphatic rings. The predicted molar refractivity (Wildman–Crippen MR) is 81.7 cm³/mol. The average molecular weight is 339 g/mol. The average Bonchev–Trinajstić information content (AvgIpc) is 2.55. The molecule has 0 unspecified atom stereocenters. The van der Waals surface area contributed by atoms with Crippen molar-refractivity contribution < 1.29 is 18.0 Å². The Bertz CT molecular complexity index is 785. The highest BCUT2D eigenvalue weighted by Gasteiger charge is 2.30. The molecule has 0 aliphatic carbocycles. The van der Waals surface area contributed by atoms with Crippen molar-refractivity contribution in [3.63, 3.8) is 0 Å². The van der Waals surface area contributed by atoms with E-state index < -0.39 is 17.6 Å². The van der Waals surface area contributed by atoms with Crippen molar-refractivity contribution in [2.24, 2.45) is 0 Å². The van der Waals surface area contributed by atoms with Gasteiger partial charge in [-0.05, 0) is 24.6 Å². The Hall–Kier alpha value is -2.64. The first-order valence-corrected chi connectivity index (χ1v) is 7.32. The largest absolute Gasteiger partial charge is 0.416 e. The first-order chi connectivity index (χ1) is 11.3. The summed E-state index contributed by atoms with van der Waals surface area (Å²) in [5, 5.41) is 2.49. The first-order valence-electron chi connectivity index (χ1n) is 7.32. The maximum Gasteiger partial charge on any atom is 0.416 e. The van der Waals surface area contributed by atoms with Gasteiger partial charge >= 0.3 is 6.18 Å². The van der Waals surface area contributed by atoms with E-state index in [2.05, 4.69) is 10.3 Å². The van der Waals surface area contributed by atoms with Crippen LogP contribution in [0.4, 0.5) is 13.2 Å². The van der Waals surface area contributed by atoms with E-state index in [1.54, 1.807) is 0 Å². The van der Waals surface area contributed by atoms with Crippen molar-refractivity contribution in [2.75, 3.05) is 6.54 Å². The van der Waals surface area contributed by atoms with Crippen molar-refractivity contribution >= 4 is 5.91 Å². The number of benzene rings is 1. The van der Waals surface area contributed by atoms with E-state index in [0.29, 0.717) is 12.1 Å². The molecule has 2 rings (SSSR count). The summed E-state index contributed by atoms with van der Waals surface area (Å²) in [5.41, 5.74) is -0.540. The lowest BCUT2D eigenvalue weighted by atomic mass is 10.1. The van der Waals surface area contributed by atoms with Gasteiger partial charge in [0.05, 0.1) is 11.9 Å². The molecule has 0 fully saturated rings. The molecule has 0 saturated heterocycles. The summed E-state index contributed by atoms with van der Waals surface area (Å²) in [6.45, 7) is 2.16. The van der Waals surface area contributed by atoms with Crippen LogP contribution in [0.25, 0.3) is 0 Å². The van der Waals surface area contributed by atoms with Crippen molar-refractivity contribution in [1.29, 1.82) is 0 Å². The molecule has 2 aromatic rings. The Morgan fingerprint density at radius 3 is 2.67 bits per heavy atom. The number of carbonyl (C=O) groups excluding carboxylic acids is 1. The third-order valence-electron chi connectivity index (χ3n) is 3.39. The fourth-order valence-electron chi connectivity index (χ4n) is 2.05. The van der Waals surface area contributed by atoms with Crippen molar-refractivity contribution in [3.8, 4) is 0 Å². The van der Waals surface area contributed by atoms with Gasteiger partial charge in [0.1, 0.15) is 0 Å². The van der Waals surface area contributed by atoms with E-state index in [-0.39, 0.29) is 24.2 Å². The van der Waals surface area contributed by atoms with Crippen LogP contribution in [0, 0.1) is 0 Å². The fourth-order valence-corrected chi connectivity index (χ4v) is 2.05. The lowest BCUT2D eigenvalue weighted by molar-refractivity contribution is -0.137. The standard InChI is InChI=1S/C16H16F3N3O2/c1-2-13-9-14(23)22(10-21-13)7-6-20-15(24)11-4-3-5-12(8-11)16(17,18)19/h3-5,8-10H,2,6-7H2,1H3,(H,20,24). The fraction of sp³-hybridized carbons (Fsp3) is 0.312. The van der Waals surface area contributed by atoms with Gasteiger partial charge in [0.2, 0.25) is 0 Å². The van der Waals surface area contributed by atoms with Crippen LogP contribution in [0.3, 0.4) is 0 Å². The summed E-state index contributed by atoms with van der Waals surface area (Å²) in [7, 11) is 0. The summed E-state index contributed by atoms with van der Waals surface area (Å²) in [5.74, 6) is -0.632. The third kappa shape index (κ3) is 4.43. The van der Waals surface area contributed by atoms with Gasteiger partial charge < -0.3 is 5.32 Å². The summed E-state index contributed by atoms with van der Waals surface area (Å²) >= 11 is 0. The highest BCUT2D eigenvalue weighted by atomic mass is 19.4. The van der Waals surface area contributed by atoms with Crippen LogP contribution >= 0.6 is 0 Å². The highest BCUT2D eigenvalue weighted by Crippen LogP contribution is 2.29. The molecular weight excluding hydrogens is 323 g/mol. The van der Waals surface area contributed by atoms with Crippen LogP contribution < -0.4 is 10.9 Å². The molecule has 1 heterocycles. The van der Waals surface area contributed by atoms with Gasteiger partial charge in [-0.15, -0.1) is 0 Å². The summed E-state index contributed by atoms with van der Waals surface area (Å²) in [6.07, 6.45) is -2.48. The van der Waals surface area contributed by atoms with Crippen LogP contribution in [-0.2, 0) is 19.1 Å². The molecule has 0 atom stereocenters. The smallest absolute Gasteiger partial charge is 0.350 e. The minimum Gasteiger partial charge on any atom is -0.350 e. The van der Waals surface area contributed by atoms with Gasteiger partial charge in [0.25, 0.3) is 11.5 Å². The van der Waals surface area contributed by atoms with E-state index in [4.69, 9.17) is 0 Å². The Morgan fingerprint density at radius 2 is 2.04 bits per heavy atom. The minimum absolute atomic E-state index is 0.0865. The van der Waals surface area contributed by atoms with Gasteiger partial charge in [0.15, 0.2) is 0 Å². The maximum absolute atomic E-state index is 12.6. The Morgan fingerprint density at radius 1 is 1.29 bits per heavy atom. The van der Waals surface area contributed by atoms with Gasteiger partial charge in [0, 0.05) is 30.4 Å². The summed E-state index contributed by atoms with van der Waals surface area (Å²) in [4.78, 5) is 27.8. The second-order valence-electron chi connectivity index (χ2n) is 5.10. The van der Waals surface area contributed by atoms with Gasteiger partial charge in [-0.25, -0.2) is 4.98 Å². The number of aryl methyl sites for hydroxylation is 1. The number of rotatable bonds is 5. The zero-order valence-electron chi connectivity index (χ0n) is 12.9. The molecule has 128 valence electrons. The second kappa shape index (κ2) is 7.29. The number of nitrogens with zero attached hydrogens (tertiary/aromatic N) is 2. The summed E-state index contributed by atoms with van der Waals surface area (Å²) in [6, 6.07) is 5.58. The van der Waals surface area contributed by atoms with Crippen LogP contribution in [0.1, 0.15) is 28.5 Å². The molecule has 1 aromatic heterocycles. The molecule has 8 heteroatoms. The zero-order chi connectivity index (χ0) is 17.7. The Balaban J connectivity index is 1.98. The maximum atomic E-state index is 12.6. The number of aromatic nitrogens is 2. The Kier molecular flexibility index (Phi) is 5.38. The second-order valence-corrected chi connectivity index (χ2v) is 5.10. The van der Waals surface area contributed by atoms with Crippen molar-refractivity contribution in [1.82, 2.24) is 14.9 Å². The monoisotopic (exact) mass is 339 g/mol. The molecule has 0 aliphatic heterocycles. The molecule has 0 radical (unpaired) electrons. The van der Waals surface area contributed by atoms with Crippen LogP contribution in [0.5, 0.6) is 0 Å². The first kappa shape index (κ1) is 17.7. The van der Waals surface area contributed by atoms with Crippen molar-refractivity contribution in [3.05, 3.63) is 63.8 Å². The third-order valence-corrected chi connectivity index (χ3v) is 3.39. The Labute approximate surface area is 136 Å². The lowest BCUT2D eigenvalue weighted by Crippen LogP contribution is -2.31.